The van der Waals surface area contributed by atoms with Crippen molar-refractivity contribution in [1.82, 2.24) is 14.7 Å². The molecule has 7 heteroatoms. The summed E-state index contributed by atoms with van der Waals surface area (Å²) in [4.78, 5) is 30.4. The van der Waals surface area contributed by atoms with E-state index in [1.165, 1.54) is 0 Å². The molecule has 28 heavy (non-hydrogen) atoms. The van der Waals surface area contributed by atoms with E-state index >= 15 is 0 Å². The lowest BCUT2D eigenvalue weighted by Crippen LogP contribution is -2.50. The number of halogens is 1. The van der Waals surface area contributed by atoms with E-state index in [1.807, 2.05) is 28.9 Å². The zero-order valence-electron chi connectivity index (χ0n) is 16.6. The van der Waals surface area contributed by atoms with Crippen LogP contribution >= 0.6 is 0 Å². The average molecular weight is 389 g/mol. The molecular formula is C21H28FN3O3. The van der Waals surface area contributed by atoms with Crippen LogP contribution in [0.15, 0.2) is 18.2 Å². The molecule has 6 nitrogen and oxygen atoms in total. The van der Waals surface area contributed by atoms with Gasteiger partial charge >= 0.3 is 6.09 Å². The zero-order chi connectivity index (χ0) is 19.8. The summed E-state index contributed by atoms with van der Waals surface area (Å²) in [7, 11) is 0. The minimum absolute atomic E-state index is 0.0225. The van der Waals surface area contributed by atoms with Crippen molar-refractivity contribution in [2.45, 2.75) is 57.8 Å². The lowest BCUT2D eigenvalue weighted by Gasteiger charge is -2.37. The van der Waals surface area contributed by atoms with E-state index in [0.29, 0.717) is 25.1 Å². The summed E-state index contributed by atoms with van der Waals surface area (Å²) in [5.41, 5.74) is 1.64. The molecule has 3 aliphatic rings. The maximum Gasteiger partial charge on any atom is 0.410 e. The smallest absolute Gasteiger partial charge is 0.410 e. The van der Waals surface area contributed by atoms with Crippen LogP contribution in [-0.2, 0) is 16.1 Å². The largest absolute Gasteiger partial charge is 0.442 e. The van der Waals surface area contributed by atoms with Crippen molar-refractivity contribution >= 4 is 12.0 Å². The van der Waals surface area contributed by atoms with Crippen LogP contribution in [-0.4, -0.2) is 71.1 Å². The molecule has 0 N–H and O–H groups in total. The molecule has 1 aromatic carbocycles. The highest BCUT2D eigenvalue weighted by Crippen LogP contribution is 2.32. The van der Waals surface area contributed by atoms with Gasteiger partial charge in [0.2, 0.25) is 5.91 Å². The van der Waals surface area contributed by atoms with E-state index < -0.39 is 0 Å². The first kappa shape index (κ1) is 19.2. The number of fused-ring (bicyclic) bond motifs is 1. The SMILES string of the molecule is CCC(=O)N1C[C@@H]2OC(=O)N(C3CCN(Cc4ccc(C)c(F)c4)CC3)[C@@H]2C1. The van der Waals surface area contributed by atoms with Crippen LogP contribution in [0, 0.1) is 12.7 Å². The number of piperidine rings is 1. The molecule has 0 aromatic heterocycles. The number of hydrogen-bond acceptors (Lipinski definition) is 4. The van der Waals surface area contributed by atoms with Gasteiger partial charge < -0.3 is 9.64 Å². The Balaban J connectivity index is 1.35. The second kappa shape index (κ2) is 7.70. The molecule has 2 atom stereocenters. The van der Waals surface area contributed by atoms with Crippen LogP contribution in [0.3, 0.4) is 0 Å². The number of benzene rings is 1. The van der Waals surface area contributed by atoms with Gasteiger partial charge in [0, 0.05) is 38.6 Å². The molecular weight excluding hydrogens is 361 g/mol. The Kier molecular flexibility index (Phi) is 5.27. The van der Waals surface area contributed by atoms with Gasteiger partial charge in [-0.25, -0.2) is 9.18 Å². The molecule has 0 aliphatic carbocycles. The molecule has 3 saturated heterocycles. The number of carbonyl (C=O) groups excluding carboxylic acids is 2. The zero-order valence-corrected chi connectivity index (χ0v) is 16.6. The summed E-state index contributed by atoms with van der Waals surface area (Å²) in [6.07, 6.45) is 1.78. The number of amides is 2. The molecule has 1 aromatic rings. The van der Waals surface area contributed by atoms with Crippen LogP contribution < -0.4 is 0 Å². The van der Waals surface area contributed by atoms with E-state index in [1.54, 1.807) is 13.0 Å². The Bertz CT molecular complexity index is 763. The predicted molar refractivity (Wildman–Crippen MR) is 102 cm³/mol. The highest BCUT2D eigenvalue weighted by molar-refractivity contribution is 5.77. The fraction of sp³-hybridized carbons (Fsp3) is 0.619. The van der Waals surface area contributed by atoms with E-state index in [2.05, 4.69) is 4.90 Å². The van der Waals surface area contributed by atoms with Crippen molar-refractivity contribution in [3.05, 3.63) is 35.1 Å². The summed E-state index contributed by atoms with van der Waals surface area (Å²) in [5.74, 6) is -0.0452. The minimum atomic E-state index is -0.238. The monoisotopic (exact) mass is 389 g/mol. The fourth-order valence-electron chi connectivity index (χ4n) is 4.66. The first-order chi connectivity index (χ1) is 13.5. The first-order valence-electron chi connectivity index (χ1n) is 10.2. The highest BCUT2D eigenvalue weighted by atomic mass is 19.1. The second-order valence-corrected chi connectivity index (χ2v) is 8.14. The molecule has 0 saturated carbocycles. The molecule has 3 fully saturated rings. The lowest BCUT2D eigenvalue weighted by atomic mass is 10.0. The van der Waals surface area contributed by atoms with Gasteiger partial charge in [-0.15, -0.1) is 0 Å². The van der Waals surface area contributed by atoms with Gasteiger partial charge in [0.25, 0.3) is 0 Å². The third kappa shape index (κ3) is 3.60. The molecule has 0 spiro atoms. The van der Waals surface area contributed by atoms with E-state index in [9.17, 15) is 14.0 Å². The average Bonchev–Trinajstić information content (AvgIpc) is 3.21. The highest BCUT2D eigenvalue weighted by Gasteiger charge is 2.51. The van der Waals surface area contributed by atoms with Gasteiger partial charge in [0.15, 0.2) is 0 Å². The molecule has 3 heterocycles. The summed E-state index contributed by atoms with van der Waals surface area (Å²) in [6, 6.07) is 5.53. The van der Waals surface area contributed by atoms with Gasteiger partial charge in [-0.3, -0.25) is 14.6 Å². The lowest BCUT2D eigenvalue weighted by molar-refractivity contribution is -0.130. The van der Waals surface area contributed by atoms with Gasteiger partial charge in [-0.05, 0) is 37.0 Å². The fourth-order valence-corrected chi connectivity index (χ4v) is 4.66. The van der Waals surface area contributed by atoms with Gasteiger partial charge in [0.1, 0.15) is 11.9 Å². The van der Waals surface area contributed by atoms with E-state index in [4.69, 9.17) is 4.74 Å². The number of aryl methyl sites for hydroxylation is 1. The molecule has 4 rings (SSSR count). The van der Waals surface area contributed by atoms with Crippen molar-refractivity contribution in [3.63, 3.8) is 0 Å². The Morgan fingerprint density at radius 2 is 2.00 bits per heavy atom. The normalized spacial score (nSPS) is 25.9. The number of carbonyl (C=O) groups is 2. The predicted octanol–water partition coefficient (Wildman–Crippen LogP) is 2.54. The molecule has 152 valence electrons. The van der Waals surface area contributed by atoms with Crippen molar-refractivity contribution in [2.75, 3.05) is 26.2 Å². The quantitative estimate of drug-likeness (QED) is 0.794. The number of ether oxygens (including phenoxy) is 1. The Morgan fingerprint density at radius 3 is 2.68 bits per heavy atom. The van der Waals surface area contributed by atoms with Crippen molar-refractivity contribution in [3.8, 4) is 0 Å². The van der Waals surface area contributed by atoms with Crippen LogP contribution in [0.5, 0.6) is 0 Å². The summed E-state index contributed by atoms with van der Waals surface area (Å²) >= 11 is 0. The molecule has 2 amide bonds. The van der Waals surface area contributed by atoms with Crippen molar-refractivity contribution in [1.29, 1.82) is 0 Å². The molecule has 0 unspecified atom stereocenters. The standard InChI is InChI=1S/C21H28FN3O3/c1-3-20(26)24-12-18-19(13-24)28-21(27)25(18)16-6-8-23(9-7-16)11-15-5-4-14(2)17(22)10-15/h4-5,10,16,18-19H,3,6-9,11-13H2,1-2H3/t18-,19+/m1/s1. The Morgan fingerprint density at radius 1 is 1.25 bits per heavy atom. The van der Waals surface area contributed by atoms with E-state index in [0.717, 1.165) is 38.0 Å². The minimum Gasteiger partial charge on any atom is -0.442 e. The molecule has 0 radical (unpaired) electrons. The number of nitrogens with zero attached hydrogens (tertiary/aromatic N) is 3. The van der Waals surface area contributed by atoms with Crippen LogP contribution in [0.25, 0.3) is 0 Å². The third-order valence-electron chi connectivity index (χ3n) is 6.31. The van der Waals surface area contributed by atoms with E-state index in [-0.39, 0.29) is 36.0 Å². The van der Waals surface area contributed by atoms with Gasteiger partial charge in [-0.2, -0.15) is 0 Å². The maximum absolute atomic E-state index is 13.8. The second-order valence-electron chi connectivity index (χ2n) is 8.14. The number of likely N-dealkylation sites (tertiary alicyclic amines) is 2. The van der Waals surface area contributed by atoms with Crippen molar-refractivity contribution in [2.24, 2.45) is 0 Å². The molecule has 0 bridgehead atoms. The van der Waals surface area contributed by atoms with Crippen molar-refractivity contribution < 1.29 is 18.7 Å². The molecule has 3 aliphatic heterocycles. The van der Waals surface area contributed by atoms with Crippen LogP contribution in [0.2, 0.25) is 0 Å². The first-order valence-corrected chi connectivity index (χ1v) is 10.2. The Labute approximate surface area is 165 Å². The summed E-state index contributed by atoms with van der Waals surface area (Å²) < 4.78 is 19.3. The number of rotatable bonds is 4. The van der Waals surface area contributed by atoms with Crippen LogP contribution in [0.1, 0.15) is 37.3 Å². The Hall–Kier alpha value is -2.15. The maximum atomic E-state index is 13.8. The van der Waals surface area contributed by atoms with Gasteiger partial charge in [0.05, 0.1) is 12.6 Å². The third-order valence-corrected chi connectivity index (χ3v) is 6.31. The summed E-state index contributed by atoms with van der Waals surface area (Å²) in [5, 5.41) is 0. The van der Waals surface area contributed by atoms with Crippen LogP contribution in [0.4, 0.5) is 9.18 Å². The number of hydrogen-bond donors (Lipinski definition) is 0. The van der Waals surface area contributed by atoms with Gasteiger partial charge in [-0.1, -0.05) is 19.1 Å². The summed E-state index contributed by atoms with van der Waals surface area (Å²) in [6.45, 7) is 7.15. The topological polar surface area (TPSA) is 53.1 Å².